The molecule has 28 heavy (non-hydrogen) atoms. The summed E-state index contributed by atoms with van der Waals surface area (Å²) < 4.78 is 11.1. The highest BCUT2D eigenvalue weighted by atomic mass is 16.5. The number of likely N-dealkylation sites (tertiary alicyclic amines) is 1. The van der Waals surface area contributed by atoms with Gasteiger partial charge >= 0.3 is 0 Å². The smallest absolute Gasteiger partial charge is 0.191 e. The standard InChI is InChI=1S/C22H32N4O2/c1-17-14-18(9-10-20(17)27-3)15-24-22(23-2)25-16-19(21-8-7-13-28-21)26-11-5-4-6-12-26/h7-10,13-14,19H,4-6,11-12,15-16H2,1-3H3,(H2,23,24,25). The summed E-state index contributed by atoms with van der Waals surface area (Å²) in [6.45, 7) is 5.75. The molecule has 0 amide bonds. The molecule has 2 heterocycles. The summed E-state index contributed by atoms with van der Waals surface area (Å²) >= 11 is 0. The lowest BCUT2D eigenvalue weighted by Crippen LogP contribution is -2.44. The Morgan fingerprint density at radius 3 is 2.68 bits per heavy atom. The number of piperidine rings is 1. The molecule has 2 aromatic rings. The molecule has 0 bridgehead atoms. The Kier molecular flexibility index (Phi) is 7.37. The van der Waals surface area contributed by atoms with Crippen LogP contribution in [0.25, 0.3) is 0 Å². The average molecular weight is 385 g/mol. The first kappa shape index (κ1) is 20.3. The van der Waals surface area contributed by atoms with Gasteiger partial charge in [-0.1, -0.05) is 18.6 Å². The number of benzene rings is 1. The molecular weight excluding hydrogens is 352 g/mol. The summed E-state index contributed by atoms with van der Waals surface area (Å²) in [4.78, 5) is 6.89. The first-order valence-electron chi connectivity index (χ1n) is 10.1. The van der Waals surface area contributed by atoms with Crippen LogP contribution in [0.1, 0.15) is 42.2 Å². The highest BCUT2D eigenvalue weighted by molar-refractivity contribution is 5.79. The number of hydrogen-bond donors (Lipinski definition) is 2. The minimum atomic E-state index is 0.220. The maximum absolute atomic E-state index is 5.73. The molecule has 0 radical (unpaired) electrons. The van der Waals surface area contributed by atoms with Gasteiger partial charge in [0, 0.05) is 20.1 Å². The highest BCUT2D eigenvalue weighted by Gasteiger charge is 2.24. The van der Waals surface area contributed by atoms with Gasteiger partial charge in [-0.15, -0.1) is 0 Å². The van der Waals surface area contributed by atoms with E-state index in [9.17, 15) is 0 Å². The Morgan fingerprint density at radius 1 is 1.21 bits per heavy atom. The van der Waals surface area contributed by atoms with Gasteiger partial charge in [-0.3, -0.25) is 9.89 Å². The van der Waals surface area contributed by atoms with Crippen LogP contribution < -0.4 is 15.4 Å². The van der Waals surface area contributed by atoms with Gasteiger partial charge < -0.3 is 19.8 Å². The van der Waals surface area contributed by atoms with Crippen molar-refractivity contribution in [2.75, 3.05) is 33.8 Å². The largest absolute Gasteiger partial charge is 0.496 e. The van der Waals surface area contributed by atoms with E-state index in [0.29, 0.717) is 6.54 Å². The predicted molar refractivity (Wildman–Crippen MR) is 113 cm³/mol. The van der Waals surface area contributed by atoms with Crippen LogP contribution in [-0.4, -0.2) is 44.7 Å². The van der Waals surface area contributed by atoms with Crippen LogP contribution in [0.3, 0.4) is 0 Å². The van der Waals surface area contributed by atoms with Gasteiger partial charge in [0.2, 0.25) is 0 Å². The van der Waals surface area contributed by atoms with Crippen LogP contribution >= 0.6 is 0 Å². The zero-order valence-electron chi connectivity index (χ0n) is 17.2. The van der Waals surface area contributed by atoms with Crippen LogP contribution in [0.15, 0.2) is 46.0 Å². The van der Waals surface area contributed by atoms with Crippen LogP contribution in [-0.2, 0) is 6.54 Å². The number of nitrogens with one attached hydrogen (secondary N) is 2. The Morgan fingerprint density at radius 2 is 2.04 bits per heavy atom. The van der Waals surface area contributed by atoms with E-state index in [-0.39, 0.29) is 6.04 Å². The van der Waals surface area contributed by atoms with Crippen molar-refractivity contribution in [3.05, 3.63) is 53.5 Å². The molecule has 152 valence electrons. The normalized spacial score (nSPS) is 16.6. The van der Waals surface area contributed by atoms with Crippen molar-refractivity contribution >= 4 is 5.96 Å². The van der Waals surface area contributed by atoms with E-state index in [1.807, 2.05) is 12.1 Å². The average Bonchev–Trinajstić information content (AvgIpc) is 3.26. The Balaban J connectivity index is 1.57. The molecule has 0 spiro atoms. The van der Waals surface area contributed by atoms with Gasteiger partial charge in [-0.2, -0.15) is 0 Å². The topological polar surface area (TPSA) is 62.0 Å². The number of ether oxygens (including phenoxy) is 1. The van der Waals surface area contributed by atoms with Crippen molar-refractivity contribution < 1.29 is 9.15 Å². The molecule has 1 saturated heterocycles. The fourth-order valence-electron chi connectivity index (χ4n) is 3.77. The predicted octanol–water partition coefficient (Wildman–Crippen LogP) is 3.49. The van der Waals surface area contributed by atoms with Crippen molar-refractivity contribution in [1.82, 2.24) is 15.5 Å². The minimum Gasteiger partial charge on any atom is -0.496 e. The molecule has 3 rings (SSSR count). The van der Waals surface area contributed by atoms with Crippen LogP contribution in [0, 0.1) is 6.92 Å². The summed E-state index contributed by atoms with van der Waals surface area (Å²) in [5.41, 5.74) is 2.33. The third-order valence-corrected chi connectivity index (χ3v) is 5.31. The molecule has 1 aliphatic heterocycles. The van der Waals surface area contributed by atoms with Crippen LogP contribution in [0.2, 0.25) is 0 Å². The molecule has 1 aliphatic rings. The molecule has 1 aromatic heterocycles. The number of methoxy groups -OCH3 is 1. The molecule has 2 N–H and O–H groups in total. The van der Waals surface area contributed by atoms with E-state index in [2.05, 4.69) is 45.6 Å². The molecule has 1 fully saturated rings. The number of nitrogens with zero attached hydrogens (tertiary/aromatic N) is 2. The van der Waals surface area contributed by atoms with Crippen LogP contribution in [0.4, 0.5) is 0 Å². The summed E-state index contributed by atoms with van der Waals surface area (Å²) in [5, 5.41) is 6.88. The van der Waals surface area contributed by atoms with Gasteiger partial charge in [0.05, 0.1) is 19.4 Å². The maximum atomic E-state index is 5.73. The zero-order chi connectivity index (χ0) is 19.8. The minimum absolute atomic E-state index is 0.220. The highest BCUT2D eigenvalue weighted by Crippen LogP contribution is 2.24. The van der Waals surface area contributed by atoms with Gasteiger partial charge in [0.1, 0.15) is 11.5 Å². The number of guanidine groups is 1. The van der Waals surface area contributed by atoms with Crippen molar-refractivity contribution in [3.63, 3.8) is 0 Å². The number of hydrogen-bond acceptors (Lipinski definition) is 4. The molecule has 6 heteroatoms. The van der Waals surface area contributed by atoms with Gasteiger partial charge in [-0.05, 0) is 62.2 Å². The van der Waals surface area contributed by atoms with Crippen molar-refractivity contribution in [3.8, 4) is 5.75 Å². The van der Waals surface area contributed by atoms with Crippen molar-refractivity contribution in [1.29, 1.82) is 0 Å². The second kappa shape index (κ2) is 10.2. The fraction of sp³-hybridized carbons (Fsp3) is 0.500. The maximum Gasteiger partial charge on any atom is 0.191 e. The second-order valence-corrected chi connectivity index (χ2v) is 7.24. The molecule has 1 atom stereocenters. The van der Waals surface area contributed by atoms with E-state index < -0.39 is 0 Å². The van der Waals surface area contributed by atoms with Gasteiger partial charge in [-0.25, -0.2) is 0 Å². The summed E-state index contributed by atoms with van der Waals surface area (Å²) in [6, 6.07) is 10.5. The third kappa shape index (κ3) is 5.29. The van der Waals surface area contributed by atoms with E-state index in [1.54, 1.807) is 20.4 Å². The first-order chi connectivity index (χ1) is 13.7. The lowest BCUT2D eigenvalue weighted by molar-refractivity contribution is 0.146. The Hall–Kier alpha value is -2.47. The number of rotatable bonds is 7. The van der Waals surface area contributed by atoms with Gasteiger partial charge in [0.15, 0.2) is 5.96 Å². The molecule has 1 aromatic carbocycles. The quantitative estimate of drug-likeness (QED) is 0.565. The van der Waals surface area contributed by atoms with Gasteiger partial charge in [0.25, 0.3) is 0 Å². The van der Waals surface area contributed by atoms with Crippen LogP contribution in [0.5, 0.6) is 5.75 Å². The zero-order valence-corrected chi connectivity index (χ0v) is 17.2. The Bertz CT molecular complexity index is 752. The molecular formula is C22H32N4O2. The van der Waals surface area contributed by atoms with Crippen molar-refractivity contribution in [2.24, 2.45) is 4.99 Å². The van der Waals surface area contributed by atoms with E-state index in [4.69, 9.17) is 9.15 Å². The third-order valence-electron chi connectivity index (χ3n) is 5.31. The number of aliphatic imine (C=N–C) groups is 1. The Labute approximate surface area is 168 Å². The lowest BCUT2D eigenvalue weighted by Gasteiger charge is -2.33. The molecule has 0 saturated carbocycles. The second-order valence-electron chi connectivity index (χ2n) is 7.24. The number of furan rings is 1. The molecule has 0 aliphatic carbocycles. The molecule has 1 unspecified atom stereocenters. The van der Waals surface area contributed by atoms with Crippen molar-refractivity contribution in [2.45, 2.75) is 38.8 Å². The van der Waals surface area contributed by atoms with E-state index in [1.165, 1.54) is 24.8 Å². The van der Waals surface area contributed by atoms with E-state index >= 15 is 0 Å². The summed E-state index contributed by atoms with van der Waals surface area (Å²) in [6.07, 6.45) is 5.58. The summed E-state index contributed by atoms with van der Waals surface area (Å²) in [7, 11) is 3.50. The summed E-state index contributed by atoms with van der Waals surface area (Å²) in [5.74, 6) is 2.71. The van der Waals surface area contributed by atoms with E-state index in [0.717, 1.165) is 42.7 Å². The monoisotopic (exact) mass is 384 g/mol. The SMILES string of the molecule is CN=C(NCc1ccc(OC)c(C)c1)NCC(c1ccco1)N1CCCCC1. The number of aryl methyl sites for hydroxylation is 1. The first-order valence-corrected chi connectivity index (χ1v) is 10.1. The lowest BCUT2D eigenvalue weighted by atomic mass is 10.1. The fourth-order valence-corrected chi connectivity index (χ4v) is 3.77. The molecule has 6 nitrogen and oxygen atoms in total.